The number of aryl methyl sites for hydroxylation is 1. The molecule has 378 valence electrons. The van der Waals surface area contributed by atoms with E-state index in [4.69, 9.17) is 35.9 Å². The van der Waals surface area contributed by atoms with E-state index in [9.17, 15) is 0 Å². The minimum absolute atomic E-state index is 0.165. The lowest BCUT2D eigenvalue weighted by Crippen LogP contribution is -2.15. The van der Waals surface area contributed by atoms with Crippen LogP contribution in [0.25, 0.3) is 33.1 Å². The van der Waals surface area contributed by atoms with Crippen molar-refractivity contribution in [3.63, 3.8) is 0 Å². The van der Waals surface area contributed by atoms with Crippen molar-refractivity contribution in [2.45, 2.75) is 58.5 Å². The molecule has 10 heterocycles. The van der Waals surface area contributed by atoms with Crippen LogP contribution in [0.1, 0.15) is 58.6 Å². The second-order valence-electron chi connectivity index (χ2n) is 17.9. The highest BCUT2D eigenvalue weighted by molar-refractivity contribution is 5.89. The van der Waals surface area contributed by atoms with Gasteiger partial charge in [-0.25, -0.2) is 15.0 Å². The molecular formula is C51H55N19O4. The summed E-state index contributed by atoms with van der Waals surface area (Å²) in [7, 11) is 0. The van der Waals surface area contributed by atoms with Crippen molar-refractivity contribution in [1.29, 1.82) is 0 Å². The topological polar surface area (TPSA) is 299 Å². The van der Waals surface area contributed by atoms with Gasteiger partial charge in [-0.3, -0.25) is 15.0 Å². The highest BCUT2D eigenvalue weighted by atomic mass is 16.5. The van der Waals surface area contributed by atoms with Gasteiger partial charge in [0.25, 0.3) is 0 Å². The average Bonchev–Trinajstić information content (AvgIpc) is 3.62. The Morgan fingerprint density at radius 1 is 0.581 bits per heavy atom. The molecule has 1 fully saturated rings. The largest absolute Gasteiger partial charge is 0.491 e. The number of hydrogen-bond acceptors (Lipinski definition) is 20. The third-order valence-electron chi connectivity index (χ3n) is 12.3. The molecule has 0 aliphatic heterocycles. The van der Waals surface area contributed by atoms with Gasteiger partial charge in [-0.2, -0.15) is 15.0 Å². The summed E-state index contributed by atoms with van der Waals surface area (Å²) in [5.41, 5.74) is 28.2. The van der Waals surface area contributed by atoms with Gasteiger partial charge < -0.3 is 65.6 Å². The number of nitrogen functional groups attached to an aromatic ring is 3. The first-order valence-electron chi connectivity index (χ1n) is 24.4. The van der Waals surface area contributed by atoms with Gasteiger partial charge in [0.05, 0.1) is 86.2 Å². The lowest BCUT2D eigenvalue weighted by Gasteiger charge is -2.13. The zero-order valence-corrected chi connectivity index (χ0v) is 40.7. The summed E-state index contributed by atoms with van der Waals surface area (Å²) < 4.78 is 29.8. The fourth-order valence-corrected chi connectivity index (χ4v) is 8.83. The fourth-order valence-electron chi connectivity index (χ4n) is 8.83. The van der Waals surface area contributed by atoms with Gasteiger partial charge in [0.1, 0.15) is 40.4 Å². The van der Waals surface area contributed by atoms with Gasteiger partial charge in [0.15, 0.2) is 17.5 Å². The van der Waals surface area contributed by atoms with Crippen LogP contribution in [-0.4, -0.2) is 103 Å². The molecule has 9 N–H and O–H groups in total. The second-order valence-corrected chi connectivity index (χ2v) is 17.9. The predicted molar refractivity (Wildman–Crippen MR) is 279 cm³/mol. The number of ether oxygens (including phenoxy) is 3. The van der Waals surface area contributed by atoms with Crippen LogP contribution in [0.3, 0.4) is 0 Å². The van der Waals surface area contributed by atoms with Crippen LogP contribution in [0.2, 0.25) is 0 Å². The maximum Gasteiger partial charge on any atom is 0.222 e. The Morgan fingerprint density at radius 2 is 1.16 bits per heavy atom. The predicted octanol–water partition coefficient (Wildman–Crippen LogP) is 5.92. The first-order valence-corrected chi connectivity index (χ1v) is 24.4. The number of hydrogen-bond donors (Lipinski definition) is 6. The number of nitrogens with one attached hydrogen (secondary N) is 3. The van der Waals surface area contributed by atoms with Gasteiger partial charge >= 0.3 is 0 Å². The van der Waals surface area contributed by atoms with Crippen molar-refractivity contribution in [2.24, 2.45) is 0 Å². The van der Waals surface area contributed by atoms with Crippen molar-refractivity contribution in [1.82, 2.24) is 63.7 Å². The first kappa shape index (κ1) is 47.4. The number of nitrogens with zero attached hydrogens (tertiary/aromatic N) is 13. The molecule has 0 spiro atoms. The molecule has 10 aromatic heterocycles. The molecule has 0 aromatic carbocycles. The van der Waals surface area contributed by atoms with E-state index in [1.165, 1.54) is 0 Å². The molecule has 0 atom stereocenters. The summed E-state index contributed by atoms with van der Waals surface area (Å²) in [6.45, 7) is 6.84. The van der Waals surface area contributed by atoms with E-state index in [2.05, 4.69) is 75.1 Å². The molecule has 1 aliphatic rings. The molecule has 10 aromatic rings. The minimum atomic E-state index is 0.165. The summed E-state index contributed by atoms with van der Waals surface area (Å²) in [6.07, 6.45) is 11.7. The quantitative estimate of drug-likeness (QED) is 0.0383. The molecule has 1 aliphatic carbocycles. The van der Waals surface area contributed by atoms with Gasteiger partial charge in [0, 0.05) is 67.8 Å². The number of rotatable bonds is 24. The fraction of sp³-hybridized carbons (Fsp3) is 0.294. The maximum absolute atomic E-state index is 6.15. The molecular weight excluding hydrogens is 943 g/mol. The van der Waals surface area contributed by atoms with Crippen LogP contribution in [0, 0.1) is 6.92 Å². The Balaban J connectivity index is 0.644. The van der Waals surface area contributed by atoms with Crippen molar-refractivity contribution in [2.75, 3.05) is 72.7 Å². The summed E-state index contributed by atoms with van der Waals surface area (Å²) in [5, 5.41) is 14.4. The molecule has 0 amide bonds. The number of aromatic nitrogens is 13. The average molecular weight is 998 g/mol. The van der Waals surface area contributed by atoms with E-state index < -0.39 is 0 Å². The van der Waals surface area contributed by atoms with E-state index in [1.54, 1.807) is 12.4 Å². The summed E-state index contributed by atoms with van der Waals surface area (Å²) in [5.74, 6) is 4.48. The number of anilines is 6. The lowest BCUT2D eigenvalue weighted by atomic mass is 10.2. The monoisotopic (exact) mass is 997 g/mol. The van der Waals surface area contributed by atoms with Crippen molar-refractivity contribution < 1.29 is 18.7 Å². The van der Waals surface area contributed by atoms with E-state index in [0.717, 1.165) is 80.2 Å². The zero-order chi connectivity index (χ0) is 50.4. The maximum atomic E-state index is 6.15. The van der Waals surface area contributed by atoms with Crippen molar-refractivity contribution >= 4 is 68.4 Å². The van der Waals surface area contributed by atoms with Crippen LogP contribution >= 0.6 is 0 Å². The molecule has 1 saturated carbocycles. The zero-order valence-electron chi connectivity index (χ0n) is 40.7. The minimum Gasteiger partial charge on any atom is -0.491 e. The van der Waals surface area contributed by atoms with E-state index in [1.807, 2.05) is 96.8 Å². The molecule has 74 heavy (non-hydrogen) atoms. The Bertz CT molecular complexity index is 3570. The lowest BCUT2D eigenvalue weighted by molar-refractivity contribution is 0.107. The van der Waals surface area contributed by atoms with Gasteiger partial charge in [-0.05, 0) is 73.9 Å². The molecule has 11 rings (SSSR count). The van der Waals surface area contributed by atoms with E-state index in [-0.39, 0.29) is 17.8 Å². The van der Waals surface area contributed by atoms with Gasteiger partial charge in [-0.15, -0.1) is 0 Å². The van der Waals surface area contributed by atoms with Gasteiger partial charge in [-0.1, -0.05) is 11.2 Å². The van der Waals surface area contributed by atoms with Crippen LogP contribution in [0.4, 0.5) is 35.3 Å². The second kappa shape index (κ2) is 21.4. The first-order chi connectivity index (χ1) is 36.2. The molecule has 23 nitrogen and oxygen atoms in total. The Labute approximate surface area is 423 Å². The number of pyridine rings is 3. The van der Waals surface area contributed by atoms with Crippen molar-refractivity contribution in [3.05, 3.63) is 138 Å². The smallest absolute Gasteiger partial charge is 0.222 e. The van der Waals surface area contributed by atoms with E-state index in [0.29, 0.717) is 107 Å². The SMILES string of the molecule is Cc1cccc(Cn2ccc3nc(N)nc(NCCOCCOc4ccnc(Cn5ccc6nc(N)nc(NCCOCc7ccnc(Cn8ccc9nc(N)nc(NCc%10cc(C%11CC%11)on%10)c98)c7)c65)c4)c32)n1. The standard InChI is InChI=1S/C51H55N19O4/c1-31-3-2-4-34(60-31)27-68-16-9-39-43(68)46(64-49(52)61-39)57-14-19-71-21-22-73-38-8-13-56-37(24-38)29-70-18-10-40-44(70)47(65-50(53)62-40)58-15-20-72-30-32-7-12-55-36(23-32)28-69-17-11-41-45(69)48(66-51(54)63-41)59-26-35-25-42(74-67-35)33-5-6-33/h2-4,7-13,16-18,23-25,33H,5-6,14-15,19-22,26-30H2,1H3,(H3,52,57,61,64)(H3,53,58,62,65)(H3,54,59,63,66). The summed E-state index contributed by atoms with van der Waals surface area (Å²) in [6, 6.07) is 21.4. The highest BCUT2D eigenvalue weighted by Gasteiger charge is 2.28. The Kier molecular flexibility index (Phi) is 13.7. The molecule has 0 radical (unpaired) electrons. The molecule has 0 unspecified atom stereocenters. The summed E-state index contributed by atoms with van der Waals surface area (Å²) >= 11 is 0. The third-order valence-corrected chi connectivity index (χ3v) is 12.3. The summed E-state index contributed by atoms with van der Waals surface area (Å²) in [4.78, 5) is 40.8. The Hall–Kier alpha value is -8.96. The van der Waals surface area contributed by atoms with Crippen LogP contribution in [0.15, 0.2) is 102 Å². The molecule has 0 saturated heterocycles. The third kappa shape index (κ3) is 11.2. The number of nitrogens with two attached hydrogens (primary N) is 3. The van der Waals surface area contributed by atoms with E-state index >= 15 is 0 Å². The molecule has 23 heteroatoms. The van der Waals surface area contributed by atoms with Gasteiger partial charge in [0.2, 0.25) is 17.8 Å². The van der Waals surface area contributed by atoms with Crippen molar-refractivity contribution in [3.8, 4) is 5.75 Å². The van der Waals surface area contributed by atoms with Crippen LogP contribution < -0.4 is 37.9 Å². The van der Waals surface area contributed by atoms with Crippen LogP contribution in [-0.2, 0) is 42.3 Å². The Morgan fingerprint density at radius 3 is 1.78 bits per heavy atom. The number of fused-ring (bicyclic) bond motifs is 3. The highest BCUT2D eigenvalue weighted by Crippen LogP contribution is 2.40. The normalized spacial score (nSPS) is 12.6. The van der Waals surface area contributed by atoms with Crippen LogP contribution in [0.5, 0.6) is 5.75 Å². The molecule has 0 bridgehead atoms.